The minimum Gasteiger partial charge on any atom is -0.374 e. The molecule has 1 aromatic heterocycles. The Balaban J connectivity index is 1.86. The van der Waals surface area contributed by atoms with Crippen LogP contribution < -0.4 is 10.6 Å². The van der Waals surface area contributed by atoms with Gasteiger partial charge in [0.25, 0.3) is 5.91 Å². The van der Waals surface area contributed by atoms with E-state index in [1.807, 2.05) is 12.3 Å². The number of carbonyl (C=O) groups is 1. The van der Waals surface area contributed by atoms with E-state index in [1.54, 1.807) is 0 Å². The van der Waals surface area contributed by atoms with Crippen LogP contribution in [-0.4, -0.2) is 38.3 Å². The average molecular weight is 275 g/mol. The highest BCUT2D eigenvalue weighted by Gasteiger charge is 2.18. The number of amides is 1. The van der Waals surface area contributed by atoms with E-state index in [0.717, 1.165) is 18.7 Å². The molecule has 1 aliphatic heterocycles. The van der Waals surface area contributed by atoms with Crippen LogP contribution in [0.5, 0.6) is 0 Å². The van der Waals surface area contributed by atoms with Crippen LogP contribution in [0, 0.1) is 6.92 Å². The van der Waals surface area contributed by atoms with Crippen molar-refractivity contribution in [3.05, 3.63) is 20.8 Å². The molecule has 2 heterocycles. The molecule has 4 nitrogen and oxygen atoms in total. The minimum atomic E-state index is -0.123. The van der Waals surface area contributed by atoms with Gasteiger partial charge in [-0.15, -0.1) is 11.3 Å². The normalized spacial score (nSPS) is 20.2. The highest BCUT2D eigenvalue weighted by atomic mass is 35.5. The predicted octanol–water partition coefficient (Wildman–Crippen LogP) is 1.43. The number of thiophene rings is 1. The Morgan fingerprint density at radius 1 is 1.76 bits per heavy atom. The third kappa shape index (κ3) is 3.19. The molecule has 1 aromatic rings. The summed E-state index contributed by atoms with van der Waals surface area (Å²) in [5, 5.41) is 8.49. The fourth-order valence-electron chi connectivity index (χ4n) is 1.62. The molecule has 94 valence electrons. The van der Waals surface area contributed by atoms with Crippen LogP contribution in [0.15, 0.2) is 5.38 Å². The molecule has 1 fully saturated rings. The lowest BCUT2D eigenvalue weighted by atomic mass is 10.3. The van der Waals surface area contributed by atoms with Crippen molar-refractivity contribution in [1.29, 1.82) is 0 Å². The first-order valence-corrected chi connectivity index (χ1v) is 6.78. The smallest absolute Gasteiger partial charge is 0.262 e. The predicted molar refractivity (Wildman–Crippen MR) is 69.0 cm³/mol. The summed E-state index contributed by atoms with van der Waals surface area (Å²) in [5.41, 5.74) is 0.942. The molecule has 0 aliphatic carbocycles. The fourth-order valence-corrected chi connectivity index (χ4v) is 2.82. The second kappa shape index (κ2) is 5.82. The molecule has 1 saturated heterocycles. The third-order valence-electron chi connectivity index (χ3n) is 2.60. The van der Waals surface area contributed by atoms with Crippen LogP contribution in [0.3, 0.4) is 0 Å². The standard InChI is InChI=1S/C11H15ClN2O2S/c1-7-6-17-10(9(7)12)11(15)14-5-8-4-13-2-3-16-8/h6,8,13H,2-5H2,1H3,(H,14,15). The topological polar surface area (TPSA) is 50.4 Å². The maximum Gasteiger partial charge on any atom is 0.262 e. The zero-order valence-electron chi connectivity index (χ0n) is 9.59. The average Bonchev–Trinajstić information content (AvgIpc) is 2.69. The lowest BCUT2D eigenvalue weighted by Gasteiger charge is -2.23. The number of carbonyl (C=O) groups excluding carboxylic acids is 1. The molecule has 17 heavy (non-hydrogen) atoms. The van der Waals surface area contributed by atoms with Gasteiger partial charge in [0, 0.05) is 19.6 Å². The Labute approximate surface area is 109 Å². The Bertz CT molecular complexity index is 402. The number of morpholine rings is 1. The van der Waals surface area contributed by atoms with Gasteiger partial charge in [-0.05, 0) is 17.9 Å². The molecule has 0 saturated carbocycles. The van der Waals surface area contributed by atoms with E-state index >= 15 is 0 Å². The molecule has 2 N–H and O–H groups in total. The van der Waals surface area contributed by atoms with E-state index < -0.39 is 0 Å². The zero-order chi connectivity index (χ0) is 12.3. The SMILES string of the molecule is Cc1csc(C(=O)NCC2CNCCO2)c1Cl. The molecule has 0 radical (unpaired) electrons. The van der Waals surface area contributed by atoms with Gasteiger partial charge < -0.3 is 15.4 Å². The monoisotopic (exact) mass is 274 g/mol. The van der Waals surface area contributed by atoms with Gasteiger partial charge in [0.05, 0.1) is 17.7 Å². The second-order valence-corrected chi connectivity index (χ2v) is 5.23. The van der Waals surface area contributed by atoms with Crippen molar-refractivity contribution in [2.45, 2.75) is 13.0 Å². The van der Waals surface area contributed by atoms with Crippen LogP contribution in [-0.2, 0) is 4.74 Å². The Hall–Kier alpha value is -0.620. The van der Waals surface area contributed by atoms with Crippen LogP contribution in [0.4, 0.5) is 0 Å². The van der Waals surface area contributed by atoms with E-state index in [9.17, 15) is 4.79 Å². The van der Waals surface area contributed by atoms with Crippen molar-refractivity contribution in [2.75, 3.05) is 26.2 Å². The summed E-state index contributed by atoms with van der Waals surface area (Å²) >= 11 is 7.40. The van der Waals surface area contributed by atoms with Gasteiger partial charge >= 0.3 is 0 Å². The lowest BCUT2D eigenvalue weighted by molar-refractivity contribution is 0.0287. The van der Waals surface area contributed by atoms with E-state index in [2.05, 4.69) is 10.6 Å². The number of aryl methyl sites for hydroxylation is 1. The molecule has 1 unspecified atom stereocenters. The van der Waals surface area contributed by atoms with Gasteiger partial charge in [-0.3, -0.25) is 4.79 Å². The summed E-state index contributed by atoms with van der Waals surface area (Å²) in [4.78, 5) is 12.4. The molecule has 1 amide bonds. The van der Waals surface area contributed by atoms with Gasteiger partial charge in [0.15, 0.2) is 0 Å². The van der Waals surface area contributed by atoms with Gasteiger partial charge in [-0.25, -0.2) is 0 Å². The molecule has 0 aromatic carbocycles. The number of rotatable bonds is 3. The van der Waals surface area contributed by atoms with Crippen molar-refractivity contribution >= 4 is 28.8 Å². The highest BCUT2D eigenvalue weighted by Crippen LogP contribution is 2.26. The Morgan fingerprint density at radius 3 is 3.18 bits per heavy atom. The molecule has 0 bridgehead atoms. The van der Waals surface area contributed by atoms with Crippen LogP contribution in [0.25, 0.3) is 0 Å². The Kier molecular flexibility index (Phi) is 4.39. The highest BCUT2D eigenvalue weighted by molar-refractivity contribution is 7.13. The largest absolute Gasteiger partial charge is 0.374 e. The number of nitrogens with one attached hydrogen (secondary N) is 2. The molecular formula is C11H15ClN2O2S. The van der Waals surface area contributed by atoms with Gasteiger partial charge in [0.2, 0.25) is 0 Å². The minimum absolute atomic E-state index is 0.0486. The second-order valence-electron chi connectivity index (χ2n) is 3.97. The number of halogens is 1. The van der Waals surface area contributed by atoms with Crippen molar-refractivity contribution in [3.63, 3.8) is 0 Å². The number of ether oxygens (including phenoxy) is 1. The molecule has 2 rings (SSSR count). The molecule has 1 atom stereocenters. The maximum atomic E-state index is 11.9. The zero-order valence-corrected chi connectivity index (χ0v) is 11.2. The van der Waals surface area contributed by atoms with Crippen molar-refractivity contribution in [2.24, 2.45) is 0 Å². The van der Waals surface area contributed by atoms with Gasteiger partial charge in [0.1, 0.15) is 4.88 Å². The summed E-state index contributed by atoms with van der Waals surface area (Å²) in [6.45, 7) is 4.75. The summed E-state index contributed by atoms with van der Waals surface area (Å²) in [6.07, 6.45) is 0.0486. The summed E-state index contributed by atoms with van der Waals surface area (Å²) < 4.78 is 5.49. The molecule has 1 aliphatic rings. The fraction of sp³-hybridized carbons (Fsp3) is 0.545. The summed E-state index contributed by atoms with van der Waals surface area (Å²) in [6, 6.07) is 0. The number of hydrogen-bond acceptors (Lipinski definition) is 4. The lowest BCUT2D eigenvalue weighted by Crippen LogP contribution is -2.45. The van der Waals surface area contributed by atoms with Crippen LogP contribution in [0.1, 0.15) is 15.2 Å². The Morgan fingerprint density at radius 2 is 2.59 bits per heavy atom. The first-order valence-electron chi connectivity index (χ1n) is 5.52. The van der Waals surface area contributed by atoms with Gasteiger partial charge in [-0.1, -0.05) is 11.6 Å². The van der Waals surface area contributed by atoms with E-state index in [-0.39, 0.29) is 12.0 Å². The van der Waals surface area contributed by atoms with E-state index in [0.29, 0.717) is 23.1 Å². The summed E-state index contributed by atoms with van der Waals surface area (Å²) in [5.74, 6) is -0.123. The van der Waals surface area contributed by atoms with Crippen molar-refractivity contribution < 1.29 is 9.53 Å². The first kappa shape index (κ1) is 12.8. The van der Waals surface area contributed by atoms with Crippen LogP contribution in [0.2, 0.25) is 5.02 Å². The van der Waals surface area contributed by atoms with Crippen molar-refractivity contribution in [3.8, 4) is 0 Å². The number of hydrogen-bond donors (Lipinski definition) is 2. The maximum absolute atomic E-state index is 11.9. The van der Waals surface area contributed by atoms with E-state index in [4.69, 9.17) is 16.3 Å². The third-order valence-corrected chi connectivity index (χ3v) is 4.30. The first-order chi connectivity index (χ1) is 8.18. The molecule has 6 heteroatoms. The van der Waals surface area contributed by atoms with Gasteiger partial charge in [-0.2, -0.15) is 0 Å². The van der Waals surface area contributed by atoms with Crippen LogP contribution >= 0.6 is 22.9 Å². The molecular weight excluding hydrogens is 260 g/mol. The summed E-state index contributed by atoms with van der Waals surface area (Å²) in [7, 11) is 0. The molecule has 0 spiro atoms. The van der Waals surface area contributed by atoms with Crippen molar-refractivity contribution in [1.82, 2.24) is 10.6 Å². The quantitative estimate of drug-likeness (QED) is 0.877. The van der Waals surface area contributed by atoms with E-state index in [1.165, 1.54) is 11.3 Å².